The van der Waals surface area contributed by atoms with Gasteiger partial charge in [-0.3, -0.25) is 19.4 Å². The Balaban J connectivity index is 1.23. The Morgan fingerprint density at radius 3 is 2.35 bits per heavy atom. The summed E-state index contributed by atoms with van der Waals surface area (Å²) in [6.07, 6.45) is 2.55. The molecule has 2 aromatic carbocycles. The van der Waals surface area contributed by atoms with Gasteiger partial charge in [-0.05, 0) is 36.1 Å². The lowest BCUT2D eigenvalue weighted by Gasteiger charge is -2.36. The summed E-state index contributed by atoms with van der Waals surface area (Å²) in [7, 11) is 0. The van der Waals surface area contributed by atoms with Gasteiger partial charge in [0.2, 0.25) is 11.8 Å². The van der Waals surface area contributed by atoms with E-state index in [4.69, 9.17) is 4.74 Å². The number of carbonyl (C=O) groups excluding carboxylic acids is 2. The van der Waals surface area contributed by atoms with E-state index < -0.39 is 0 Å². The fourth-order valence-corrected chi connectivity index (χ4v) is 4.33. The molecule has 164 valence electrons. The number of carbonyl (C=O) groups is 2. The molecule has 2 aliphatic heterocycles. The van der Waals surface area contributed by atoms with Gasteiger partial charge in [0.1, 0.15) is 5.75 Å². The molecule has 6 nitrogen and oxygen atoms in total. The Hall–Kier alpha value is -2.70. The second-order valence-electron chi connectivity index (χ2n) is 8.28. The first-order valence-corrected chi connectivity index (χ1v) is 11.2. The van der Waals surface area contributed by atoms with Gasteiger partial charge in [-0.2, -0.15) is 0 Å². The summed E-state index contributed by atoms with van der Waals surface area (Å²) in [5, 5.41) is 3.44. The molecule has 6 heteroatoms. The van der Waals surface area contributed by atoms with E-state index >= 15 is 0 Å². The third-order valence-electron chi connectivity index (χ3n) is 6.13. The fraction of sp³-hybridized carbons (Fsp3) is 0.440. The molecule has 2 heterocycles. The van der Waals surface area contributed by atoms with Crippen molar-refractivity contribution in [1.29, 1.82) is 0 Å². The van der Waals surface area contributed by atoms with Crippen LogP contribution in [0, 0.1) is 0 Å². The highest BCUT2D eigenvalue weighted by Gasteiger charge is 2.30. The number of rotatable bonds is 9. The number of ether oxygens (including phenoxy) is 1. The maximum atomic E-state index is 11.8. The maximum absolute atomic E-state index is 11.8. The number of hydrogen-bond acceptors (Lipinski definition) is 5. The molecule has 0 bridgehead atoms. The summed E-state index contributed by atoms with van der Waals surface area (Å²) in [4.78, 5) is 27.5. The lowest BCUT2D eigenvalue weighted by atomic mass is 10.1. The van der Waals surface area contributed by atoms with Gasteiger partial charge < -0.3 is 10.1 Å². The van der Waals surface area contributed by atoms with E-state index in [1.54, 1.807) is 0 Å². The molecular weight excluding hydrogens is 390 g/mol. The summed E-state index contributed by atoms with van der Waals surface area (Å²) in [5.41, 5.74) is 2.57. The Bertz CT molecular complexity index is 853. The average molecular weight is 422 g/mol. The van der Waals surface area contributed by atoms with Crippen LogP contribution < -0.4 is 10.1 Å². The highest BCUT2D eigenvalue weighted by Crippen LogP contribution is 2.17. The van der Waals surface area contributed by atoms with Crippen LogP contribution in [0.1, 0.15) is 30.4 Å². The molecule has 0 spiro atoms. The Labute approximate surface area is 184 Å². The van der Waals surface area contributed by atoms with Crippen molar-refractivity contribution in [3.63, 3.8) is 0 Å². The number of imide groups is 1. The van der Waals surface area contributed by atoms with Crippen molar-refractivity contribution in [1.82, 2.24) is 15.1 Å². The Kier molecular flexibility index (Phi) is 7.33. The van der Waals surface area contributed by atoms with E-state index in [-0.39, 0.29) is 11.8 Å². The number of nitrogens with one attached hydrogen (secondary N) is 1. The van der Waals surface area contributed by atoms with Crippen molar-refractivity contribution < 1.29 is 14.3 Å². The van der Waals surface area contributed by atoms with Gasteiger partial charge in [-0.15, -0.1) is 0 Å². The van der Waals surface area contributed by atoms with Crippen molar-refractivity contribution in [3.8, 4) is 5.75 Å². The van der Waals surface area contributed by atoms with Crippen molar-refractivity contribution >= 4 is 11.8 Å². The van der Waals surface area contributed by atoms with Crippen LogP contribution in [-0.2, 0) is 16.0 Å². The monoisotopic (exact) mass is 421 g/mol. The van der Waals surface area contributed by atoms with Gasteiger partial charge >= 0.3 is 0 Å². The smallest absolute Gasteiger partial charge is 0.229 e. The van der Waals surface area contributed by atoms with E-state index in [9.17, 15) is 9.59 Å². The van der Waals surface area contributed by atoms with E-state index in [2.05, 4.69) is 46.6 Å². The van der Waals surface area contributed by atoms with E-state index in [1.165, 1.54) is 16.0 Å². The van der Waals surface area contributed by atoms with Crippen LogP contribution in [0.5, 0.6) is 5.75 Å². The van der Waals surface area contributed by atoms with Crippen LogP contribution in [0.2, 0.25) is 0 Å². The van der Waals surface area contributed by atoms with Gasteiger partial charge in [-0.25, -0.2) is 0 Å². The number of nitrogens with zero attached hydrogens (tertiary/aromatic N) is 2. The molecule has 1 atom stereocenters. The third kappa shape index (κ3) is 5.93. The van der Waals surface area contributed by atoms with Crippen molar-refractivity contribution in [3.05, 3.63) is 65.7 Å². The zero-order chi connectivity index (χ0) is 21.5. The zero-order valence-electron chi connectivity index (χ0n) is 18.0. The van der Waals surface area contributed by atoms with Gasteiger partial charge in [0.25, 0.3) is 0 Å². The molecular formula is C25H31N3O3. The van der Waals surface area contributed by atoms with Crippen LogP contribution in [0.4, 0.5) is 0 Å². The first-order valence-electron chi connectivity index (χ1n) is 11.2. The summed E-state index contributed by atoms with van der Waals surface area (Å²) >= 11 is 0. The summed E-state index contributed by atoms with van der Waals surface area (Å²) in [6.45, 7) is 4.64. The van der Waals surface area contributed by atoms with Crippen molar-refractivity contribution in [2.75, 3.05) is 39.3 Å². The van der Waals surface area contributed by atoms with Crippen molar-refractivity contribution in [2.45, 2.75) is 31.7 Å². The number of amides is 2. The Morgan fingerprint density at radius 2 is 1.61 bits per heavy atom. The normalized spacial score (nSPS) is 19.7. The van der Waals surface area contributed by atoms with Gasteiger partial charge in [0.05, 0.1) is 6.61 Å². The second-order valence-corrected chi connectivity index (χ2v) is 8.28. The van der Waals surface area contributed by atoms with E-state index in [0.29, 0.717) is 32.0 Å². The topological polar surface area (TPSA) is 61.9 Å². The minimum absolute atomic E-state index is 0.0317. The number of piperazine rings is 1. The third-order valence-corrected chi connectivity index (χ3v) is 6.13. The Morgan fingerprint density at radius 1 is 0.903 bits per heavy atom. The molecule has 2 fully saturated rings. The molecule has 31 heavy (non-hydrogen) atoms. The van der Waals surface area contributed by atoms with Gasteiger partial charge in [-0.1, -0.05) is 42.5 Å². The van der Waals surface area contributed by atoms with E-state index in [0.717, 1.165) is 44.8 Å². The highest BCUT2D eigenvalue weighted by molar-refractivity contribution is 6.01. The van der Waals surface area contributed by atoms with Crippen molar-refractivity contribution in [2.24, 2.45) is 0 Å². The first-order chi connectivity index (χ1) is 15.2. The number of likely N-dealkylation sites (tertiary alicyclic amines) is 1. The predicted octanol–water partition coefficient (Wildman–Crippen LogP) is 2.47. The standard InChI is InChI=1S/C25H31N3O3/c29-24-10-11-25(30)28(24)16-15-27-14-13-26-19-22(27)12-17-31-23-8-6-21(7-9-23)18-20-4-2-1-3-5-20/h1-9,22,26H,10-19H2. The molecule has 0 saturated carbocycles. The maximum Gasteiger partial charge on any atom is 0.229 e. The second kappa shape index (κ2) is 10.6. The number of benzene rings is 2. The van der Waals surface area contributed by atoms with Crippen LogP contribution in [0.3, 0.4) is 0 Å². The number of hydrogen-bond donors (Lipinski definition) is 1. The average Bonchev–Trinajstić information content (AvgIpc) is 3.12. The van der Waals surface area contributed by atoms with Crippen LogP contribution in [0.25, 0.3) is 0 Å². The molecule has 2 aliphatic rings. The largest absolute Gasteiger partial charge is 0.494 e. The molecule has 0 aliphatic carbocycles. The summed E-state index contributed by atoms with van der Waals surface area (Å²) in [5.74, 6) is 0.826. The highest BCUT2D eigenvalue weighted by atomic mass is 16.5. The minimum atomic E-state index is -0.0317. The molecule has 1 N–H and O–H groups in total. The predicted molar refractivity (Wildman–Crippen MR) is 120 cm³/mol. The SMILES string of the molecule is O=C1CCC(=O)N1CCN1CCNCC1CCOc1ccc(Cc2ccccc2)cc1. The quantitative estimate of drug-likeness (QED) is 0.631. The summed E-state index contributed by atoms with van der Waals surface area (Å²) < 4.78 is 6.00. The van der Waals surface area contributed by atoms with Crippen LogP contribution in [0.15, 0.2) is 54.6 Å². The summed E-state index contributed by atoms with van der Waals surface area (Å²) in [6, 6.07) is 19.1. The van der Waals surface area contributed by atoms with Gasteiger partial charge in [0.15, 0.2) is 0 Å². The minimum Gasteiger partial charge on any atom is -0.494 e. The molecule has 1 unspecified atom stereocenters. The van der Waals surface area contributed by atoms with E-state index in [1.807, 2.05) is 18.2 Å². The lowest BCUT2D eigenvalue weighted by Crippen LogP contribution is -2.53. The molecule has 2 amide bonds. The molecule has 2 saturated heterocycles. The fourth-order valence-electron chi connectivity index (χ4n) is 4.33. The van der Waals surface area contributed by atoms with Crippen LogP contribution in [-0.4, -0.2) is 67.0 Å². The molecule has 0 radical (unpaired) electrons. The first kappa shape index (κ1) is 21.5. The molecule has 0 aromatic heterocycles. The lowest BCUT2D eigenvalue weighted by molar-refractivity contribution is -0.138. The van der Waals surface area contributed by atoms with Gasteiger partial charge in [0, 0.05) is 51.6 Å². The van der Waals surface area contributed by atoms with Crippen LogP contribution >= 0.6 is 0 Å². The molecule has 2 aromatic rings. The molecule has 4 rings (SSSR count). The zero-order valence-corrected chi connectivity index (χ0v) is 18.0.